The summed E-state index contributed by atoms with van der Waals surface area (Å²) in [6, 6.07) is 7.33. The Labute approximate surface area is 208 Å². The molecule has 9 heteroatoms. The summed E-state index contributed by atoms with van der Waals surface area (Å²) in [6.07, 6.45) is 1.50. The van der Waals surface area contributed by atoms with Crippen molar-refractivity contribution in [3.05, 3.63) is 53.5 Å². The first-order valence-electron chi connectivity index (χ1n) is 12.4. The second-order valence-electron chi connectivity index (χ2n) is 10.7. The number of benzene rings is 1. The number of fused-ring (bicyclic) bond motifs is 1. The largest absolute Gasteiger partial charge is 0.433 e. The Balaban J connectivity index is 1.57. The zero-order valence-corrected chi connectivity index (χ0v) is 21.1. The van der Waals surface area contributed by atoms with Gasteiger partial charge in [0.1, 0.15) is 5.69 Å². The van der Waals surface area contributed by atoms with Crippen LogP contribution in [0.5, 0.6) is 0 Å². The molecule has 194 valence electrons. The number of hydrogen-bond donors (Lipinski definition) is 2. The van der Waals surface area contributed by atoms with E-state index in [-0.39, 0.29) is 12.1 Å². The number of aromatic nitrogens is 3. The number of rotatable bonds is 6. The highest BCUT2D eigenvalue weighted by Crippen LogP contribution is 2.37. The van der Waals surface area contributed by atoms with Gasteiger partial charge < -0.3 is 10.4 Å². The summed E-state index contributed by atoms with van der Waals surface area (Å²) in [5.41, 5.74) is -0.705. The number of carbonyl (C=O) groups excluding carboxylic acids is 1. The van der Waals surface area contributed by atoms with Crippen LogP contribution < -0.4 is 5.32 Å². The number of hydrogen-bond acceptors (Lipinski definition) is 4. The second kappa shape index (κ2) is 9.84. The minimum Gasteiger partial charge on any atom is -0.386 e. The standard InChI is InChI=1S/C27H33F3N4O2/c1-16(2)17-8-10-20(11-9-17)34-15-18-12-23(21(26(3,4)36)14-22(18)33-34)32-25(35)13-19-6-5-7-24(31-19)27(28,29)30/h5-7,12,14-17,20,36H,8-11,13H2,1-4H3,(H,32,35). The molecule has 2 N–H and O–H groups in total. The number of anilines is 1. The van der Waals surface area contributed by atoms with Gasteiger partial charge in [0, 0.05) is 22.8 Å². The second-order valence-corrected chi connectivity index (χ2v) is 10.7. The molecule has 0 atom stereocenters. The van der Waals surface area contributed by atoms with Crippen LogP contribution in [0.2, 0.25) is 0 Å². The highest BCUT2D eigenvalue weighted by atomic mass is 19.4. The fraction of sp³-hybridized carbons (Fsp3) is 0.519. The van der Waals surface area contributed by atoms with Crippen molar-refractivity contribution < 1.29 is 23.1 Å². The van der Waals surface area contributed by atoms with Crippen molar-refractivity contribution in [3.63, 3.8) is 0 Å². The predicted octanol–water partition coefficient (Wildman–Crippen LogP) is 6.25. The summed E-state index contributed by atoms with van der Waals surface area (Å²) >= 11 is 0. The molecule has 36 heavy (non-hydrogen) atoms. The van der Waals surface area contributed by atoms with E-state index in [2.05, 4.69) is 24.1 Å². The van der Waals surface area contributed by atoms with E-state index in [1.54, 1.807) is 26.0 Å². The van der Waals surface area contributed by atoms with Crippen LogP contribution in [0.4, 0.5) is 18.9 Å². The molecule has 1 aliphatic rings. The minimum absolute atomic E-state index is 0.0121. The highest BCUT2D eigenvalue weighted by molar-refractivity contribution is 5.96. The number of amides is 1. The van der Waals surface area contributed by atoms with Gasteiger partial charge in [-0.2, -0.15) is 18.3 Å². The normalized spacial score (nSPS) is 19.1. The van der Waals surface area contributed by atoms with Crippen molar-refractivity contribution in [3.8, 4) is 0 Å². The topological polar surface area (TPSA) is 80.0 Å². The molecule has 1 fully saturated rings. The Morgan fingerprint density at radius 1 is 1.17 bits per heavy atom. The van der Waals surface area contributed by atoms with Gasteiger partial charge in [-0.25, -0.2) is 4.98 Å². The quantitative estimate of drug-likeness (QED) is 0.418. The molecule has 0 saturated heterocycles. The number of nitrogens with zero attached hydrogens (tertiary/aromatic N) is 3. The summed E-state index contributed by atoms with van der Waals surface area (Å²) in [5, 5.41) is 19.1. The zero-order chi connectivity index (χ0) is 26.3. The fourth-order valence-corrected chi connectivity index (χ4v) is 5.02. The van der Waals surface area contributed by atoms with Crippen molar-refractivity contribution in [1.82, 2.24) is 14.8 Å². The lowest BCUT2D eigenvalue weighted by molar-refractivity contribution is -0.141. The third-order valence-corrected chi connectivity index (χ3v) is 7.09. The van der Waals surface area contributed by atoms with Crippen molar-refractivity contribution in [2.75, 3.05) is 5.32 Å². The molecule has 3 aromatic rings. The number of aliphatic hydroxyl groups is 1. The van der Waals surface area contributed by atoms with E-state index < -0.39 is 23.4 Å². The van der Waals surface area contributed by atoms with Crippen LogP contribution in [0.1, 0.15) is 76.4 Å². The van der Waals surface area contributed by atoms with Crippen molar-refractivity contribution >= 4 is 22.5 Å². The monoisotopic (exact) mass is 502 g/mol. The Morgan fingerprint density at radius 2 is 1.86 bits per heavy atom. The van der Waals surface area contributed by atoms with Gasteiger partial charge in [-0.1, -0.05) is 19.9 Å². The number of pyridine rings is 1. The fourth-order valence-electron chi connectivity index (χ4n) is 5.02. The van der Waals surface area contributed by atoms with Gasteiger partial charge in [0.05, 0.1) is 29.3 Å². The van der Waals surface area contributed by atoms with E-state index in [0.717, 1.165) is 35.7 Å². The summed E-state index contributed by atoms with van der Waals surface area (Å²) in [6.45, 7) is 7.76. The number of halogens is 3. The summed E-state index contributed by atoms with van der Waals surface area (Å²) in [5.74, 6) is 0.890. The van der Waals surface area contributed by atoms with Crippen LogP contribution >= 0.6 is 0 Å². The van der Waals surface area contributed by atoms with Gasteiger partial charge in [-0.3, -0.25) is 9.48 Å². The lowest BCUT2D eigenvalue weighted by Gasteiger charge is -2.30. The van der Waals surface area contributed by atoms with Crippen LogP contribution in [0.15, 0.2) is 36.5 Å². The summed E-state index contributed by atoms with van der Waals surface area (Å²) < 4.78 is 40.9. The lowest BCUT2D eigenvalue weighted by Crippen LogP contribution is -2.22. The van der Waals surface area contributed by atoms with E-state index in [0.29, 0.717) is 23.2 Å². The maximum Gasteiger partial charge on any atom is 0.433 e. The van der Waals surface area contributed by atoms with Crippen LogP contribution in [0.3, 0.4) is 0 Å². The van der Waals surface area contributed by atoms with Crippen LogP contribution in [-0.2, 0) is 23.0 Å². The molecule has 0 unspecified atom stereocenters. The van der Waals surface area contributed by atoms with Crippen molar-refractivity contribution in [2.24, 2.45) is 11.8 Å². The lowest BCUT2D eigenvalue weighted by atomic mass is 9.80. The van der Waals surface area contributed by atoms with E-state index in [9.17, 15) is 23.1 Å². The molecule has 6 nitrogen and oxygen atoms in total. The molecule has 4 rings (SSSR count). The highest BCUT2D eigenvalue weighted by Gasteiger charge is 2.32. The molecule has 2 heterocycles. The number of alkyl halides is 3. The van der Waals surface area contributed by atoms with Crippen LogP contribution in [-0.4, -0.2) is 25.8 Å². The maximum absolute atomic E-state index is 13.0. The Kier molecular flexibility index (Phi) is 7.14. The van der Waals surface area contributed by atoms with Gasteiger partial charge in [-0.05, 0) is 75.6 Å². The van der Waals surface area contributed by atoms with E-state index in [4.69, 9.17) is 5.10 Å². The molecule has 2 aromatic heterocycles. The van der Waals surface area contributed by atoms with E-state index >= 15 is 0 Å². The van der Waals surface area contributed by atoms with Gasteiger partial charge >= 0.3 is 6.18 Å². The van der Waals surface area contributed by atoms with E-state index in [1.807, 2.05) is 10.9 Å². The third kappa shape index (κ3) is 5.88. The zero-order valence-electron chi connectivity index (χ0n) is 21.1. The number of nitrogens with one attached hydrogen (secondary N) is 1. The van der Waals surface area contributed by atoms with Gasteiger partial charge in [0.2, 0.25) is 5.91 Å². The van der Waals surface area contributed by atoms with Crippen molar-refractivity contribution in [2.45, 2.75) is 77.6 Å². The predicted molar refractivity (Wildman–Crippen MR) is 132 cm³/mol. The van der Waals surface area contributed by atoms with Crippen LogP contribution in [0.25, 0.3) is 10.9 Å². The van der Waals surface area contributed by atoms with Gasteiger partial charge in [0.25, 0.3) is 0 Å². The third-order valence-electron chi connectivity index (χ3n) is 7.09. The molecular weight excluding hydrogens is 469 g/mol. The summed E-state index contributed by atoms with van der Waals surface area (Å²) in [7, 11) is 0. The molecule has 1 aromatic carbocycles. The Hall–Kier alpha value is -2.94. The molecular formula is C27H33F3N4O2. The maximum atomic E-state index is 13.0. The van der Waals surface area contributed by atoms with Gasteiger partial charge in [0.15, 0.2) is 0 Å². The first-order chi connectivity index (χ1) is 16.8. The molecule has 1 amide bonds. The first kappa shape index (κ1) is 26.1. The minimum atomic E-state index is -4.58. The molecule has 0 radical (unpaired) electrons. The van der Waals surface area contributed by atoms with Crippen LogP contribution in [0, 0.1) is 11.8 Å². The average Bonchev–Trinajstić information content (AvgIpc) is 3.20. The summed E-state index contributed by atoms with van der Waals surface area (Å²) in [4.78, 5) is 16.3. The molecule has 0 aliphatic heterocycles. The molecule has 1 aliphatic carbocycles. The van der Waals surface area contributed by atoms with Crippen molar-refractivity contribution in [1.29, 1.82) is 0 Å². The molecule has 0 bridgehead atoms. The number of carbonyl (C=O) groups is 1. The Bertz CT molecular complexity index is 1240. The van der Waals surface area contributed by atoms with Gasteiger partial charge in [-0.15, -0.1) is 0 Å². The van der Waals surface area contributed by atoms with E-state index in [1.165, 1.54) is 25.0 Å². The molecule has 1 saturated carbocycles. The first-order valence-corrected chi connectivity index (χ1v) is 12.4. The SMILES string of the molecule is CC(C)C1CCC(n2cc3cc(NC(=O)Cc4cccc(C(F)(F)F)n4)c(C(C)(C)O)cc3n2)CC1. The Morgan fingerprint density at radius 3 is 2.47 bits per heavy atom. The smallest absolute Gasteiger partial charge is 0.386 e. The molecule has 0 spiro atoms. The average molecular weight is 503 g/mol.